The summed E-state index contributed by atoms with van der Waals surface area (Å²) in [5, 5.41) is 9.30. The van der Waals surface area contributed by atoms with Gasteiger partial charge in [-0.2, -0.15) is 0 Å². The Balaban J connectivity index is 1.67. The van der Waals surface area contributed by atoms with Gasteiger partial charge in [0.1, 0.15) is 0 Å². The Hall–Kier alpha value is -1.88. The number of benzene rings is 1. The van der Waals surface area contributed by atoms with E-state index < -0.39 is 5.97 Å². The van der Waals surface area contributed by atoms with Crippen molar-refractivity contribution < 1.29 is 19.4 Å². The Labute approximate surface area is 149 Å². The molecular formula is C20H27NO4. The number of carbonyl (C=O) groups excluding carboxylic acids is 1. The molecule has 0 spiro atoms. The van der Waals surface area contributed by atoms with Crippen molar-refractivity contribution in [1.29, 1.82) is 0 Å². The predicted octanol–water partition coefficient (Wildman–Crippen LogP) is 2.74. The van der Waals surface area contributed by atoms with Gasteiger partial charge in [-0.25, -0.2) is 0 Å². The fourth-order valence-corrected chi connectivity index (χ4v) is 4.01. The summed E-state index contributed by atoms with van der Waals surface area (Å²) in [6.45, 7) is 1.96. The first-order chi connectivity index (χ1) is 12.1. The lowest BCUT2D eigenvalue weighted by Gasteiger charge is -2.34. The van der Waals surface area contributed by atoms with Gasteiger partial charge in [-0.1, -0.05) is 36.8 Å². The molecule has 1 N–H and O–H groups in total. The van der Waals surface area contributed by atoms with Crippen LogP contribution in [0.25, 0.3) is 0 Å². The summed E-state index contributed by atoms with van der Waals surface area (Å²) < 4.78 is 5.50. The number of carboxylic acid groups (broad SMARTS) is 1. The highest BCUT2D eigenvalue weighted by Gasteiger charge is 2.36. The van der Waals surface area contributed by atoms with Crippen molar-refractivity contribution in [1.82, 2.24) is 4.90 Å². The summed E-state index contributed by atoms with van der Waals surface area (Å²) in [6, 6.07) is 10.3. The molecule has 2 aliphatic rings. The lowest BCUT2D eigenvalue weighted by atomic mass is 9.80. The van der Waals surface area contributed by atoms with Crippen LogP contribution in [0.4, 0.5) is 0 Å². The van der Waals surface area contributed by atoms with E-state index in [4.69, 9.17) is 4.74 Å². The second-order valence-electron chi connectivity index (χ2n) is 7.18. The number of rotatable bonds is 6. The normalized spacial score (nSPS) is 26.3. The Morgan fingerprint density at radius 3 is 2.56 bits per heavy atom. The van der Waals surface area contributed by atoms with Gasteiger partial charge in [0.25, 0.3) is 0 Å². The quantitative estimate of drug-likeness (QED) is 0.861. The average molecular weight is 345 g/mol. The fraction of sp³-hybridized carbons (Fsp3) is 0.600. The molecule has 25 heavy (non-hydrogen) atoms. The number of carbonyl (C=O) groups is 2. The Bertz CT molecular complexity index is 583. The molecule has 3 unspecified atom stereocenters. The molecule has 3 rings (SSSR count). The third-order valence-electron chi connectivity index (χ3n) is 5.49. The van der Waals surface area contributed by atoms with Gasteiger partial charge < -0.3 is 14.7 Å². The topological polar surface area (TPSA) is 66.8 Å². The molecular weight excluding hydrogens is 318 g/mol. The maximum atomic E-state index is 13.2. The Kier molecular flexibility index (Phi) is 6.08. The van der Waals surface area contributed by atoms with E-state index in [9.17, 15) is 14.7 Å². The van der Waals surface area contributed by atoms with E-state index in [0.29, 0.717) is 32.6 Å². The molecule has 5 heteroatoms. The molecule has 0 bridgehead atoms. The van der Waals surface area contributed by atoms with Crippen molar-refractivity contribution in [3.63, 3.8) is 0 Å². The first-order valence-electron chi connectivity index (χ1n) is 9.30. The van der Waals surface area contributed by atoms with Crippen molar-refractivity contribution in [3.8, 4) is 0 Å². The van der Waals surface area contributed by atoms with Crippen LogP contribution in [0.2, 0.25) is 0 Å². The van der Waals surface area contributed by atoms with E-state index in [2.05, 4.69) is 12.1 Å². The molecule has 1 saturated heterocycles. The standard InChI is InChI=1S/C20H27NO4/c22-19(16-7-4-8-17(13-16)20(23)24)21(18-10-12-25-14-18)11-9-15-5-2-1-3-6-15/h1-3,5-6,16-18H,4,7-14H2,(H,23,24). The molecule has 3 atom stereocenters. The van der Waals surface area contributed by atoms with E-state index in [0.717, 1.165) is 25.7 Å². The molecule has 1 aliphatic heterocycles. The molecule has 1 saturated carbocycles. The van der Waals surface area contributed by atoms with Crippen LogP contribution in [-0.2, 0) is 20.7 Å². The highest BCUT2D eigenvalue weighted by molar-refractivity contribution is 5.80. The molecule has 5 nitrogen and oxygen atoms in total. The molecule has 0 aromatic heterocycles. The lowest BCUT2D eigenvalue weighted by Crippen LogP contribution is -2.46. The van der Waals surface area contributed by atoms with Gasteiger partial charge in [-0.3, -0.25) is 9.59 Å². The van der Waals surface area contributed by atoms with Gasteiger partial charge in [-0.05, 0) is 37.7 Å². The Morgan fingerprint density at radius 2 is 1.88 bits per heavy atom. The molecule has 2 fully saturated rings. The van der Waals surface area contributed by atoms with Gasteiger partial charge >= 0.3 is 5.97 Å². The van der Waals surface area contributed by atoms with Crippen LogP contribution in [0.3, 0.4) is 0 Å². The van der Waals surface area contributed by atoms with Crippen LogP contribution < -0.4 is 0 Å². The predicted molar refractivity (Wildman–Crippen MR) is 94.2 cm³/mol. The lowest BCUT2D eigenvalue weighted by molar-refractivity contribution is -0.146. The molecule has 1 amide bonds. The zero-order valence-electron chi connectivity index (χ0n) is 14.6. The van der Waals surface area contributed by atoms with Crippen molar-refractivity contribution in [2.45, 2.75) is 44.6 Å². The molecule has 1 aromatic carbocycles. The number of aliphatic carboxylic acids is 1. The second-order valence-corrected chi connectivity index (χ2v) is 7.18. The average Bonchev–Trinajstić information content (AvgIpc) is 3.17. The van der Waals surface area contributed by atoms with Crippen molar-refractivity contribution in [3.05, 3.63) is 35.9 Å². The van der Waals surface area contributed by atoms with Crippen LogP contribution in [0.1, 0.15) is 37.7 Å². The molecule has 136 valence electrons. The third kappa shape index (κ3) is 4.60. The first kappa shape index (κ1) is 17.9. The van der Waals surface area contributed by atoms with Crippen LogP contribution in [0, 0.1) is 11.8 Å². The number of amides is 1. The maximum absolute atomic E-state index is 13.2. The van der Waals surface area contributed by atoms with E-state index in [1.807, 2.05) is 23.1 Å². The minimum absolute atomic E-state index is 0.123. The summed E-state index contributed by atoms with van der Waals surface area (Å²) in [5.41, 5.74) is 1.21. The van der Waals surface area contributed by atoms with E-state index in [1.54, 1.807) is 0 Å². The monoisotopic (exact) mass is 345 g/mol. The van der Waals surface area contributed by atoms with Gasteiger partial charge in [0.05, 0.1) is 18.6 Å². The largest absolute Gasteiger partial charge is 0.481 e. The highest BCUT2D eigenvalue weighted by Crippen LogP contribution is 2.31. The van der Waals surface area contributed by atoms with Crippen molar-refractivity contribution in [2.75, 3.05) is 19.8 Å². The van der Waals surface area contributed by atoms with Crippen molar-refractivity contribution in [2.24, 2.45) is 11.8 Å². The number of carboxylic acids is 1. The minimum atomic E-state index is -0.766. The molecule has 0 radical (unpaired) electrons. The third-order valence-corrected chi connectivity index (χ3v) is 5.49. The molecule has 1 heterocycles. The zero-order chi connectivity index (χ0) is 17.6. The number of nitrogens with zero attached hydrogens (tertiary/aromatic N) is 1. The number of hydrogen-bond donors (Lipinski definition) is 1. The summed E-state index contributed by atoms with van der Waals surface area (Å²) >= 11 is 0. The highest BCUT2D eigenvalue weighted by atomic mass is 16.5. The Morgan fingerprint density at radius 1 is 1.12 bits per heavy atom. The fourth-order valence-electron chi connectivity index (χ4n) is 4.01. The van der Waals surface area contributed by atoms with Gasteiger partial charge in [0.2, 0.25) is 5.91 Å². The first-order valence-corrected chi connectivity index (χ1v) is 9.30. The smallest absolute Gasteiger partial charge is 0.306 e. The number of ether oxygens (including phenoxy) is 1. The summed E-state index contributed by atoms with van der Waals surface area (Å²) in [6.07, 6.45) is 4.48. The minimum Gasteiger partial charge on any atom is -0.481 e. The van der Waals surface area contributed by atoms with E-state index in [-0.39, 0.29) is 23.8 Å². The van der Waals surface area contributed by atoms with E-state index >= 15 is 0 Å². The van der Waals surface area contributed by atoms with Crippen LogP contribution in [-0.4, -0.2) is 47.7 Å². The second kappa shape index (κ2) is 8.48. The van der Waals surface area contributed by atoms with Gasteiger partial charge in [0.15, 0.2) is 0 Å². The van der Waals surface area contributed by atoms with Gasteiger partial charge in [0, 0.05) is 19.1 Å². The van der Waals surface area contributed by atoms with Crippen LogP contribution in [0.15, 0.2) is 30.3 Å². The SMILES string of the molecule is O=C(O)C1CCCC(C(=O)N(CCc2ccccc2)C2CCOC2)C1. The summed E-state index contributed by atoms with van der Waals surface area (Å²) in [4.78, 5) is 26.4. The van der Waals surface area contributed by atoms with Crippen LogP contribution in [0.5, 0.6) is 0 Å². The maximum Gasteiger partial charge on any atom is 0.306 e. The molecule has 1 aliphatic carbocycles. The van der Waals surface area contributed by atoms with Crippen molar-refractivity contribution >= 4 is 11.9 Å². The van der Waals surface area contributed by atoms with Crippen LogP contribution >= 0.6 is 0 Å². The van der Waals surface area contributed by atoms with E-state index in [1.165, 1.54) is 5.56 Å². The molecule has 1 aromatic rings. The van der Waals surface area contributed by atoms with Gasteiger partial charge in [-0.15, -0.1) is 0 Å². The summed E-state index contributed by atoms with van der Waals surface area (Å²) in [5.74, 6) is -1.18. The zero-order valence-corrected chi connectivity index (χ0v) is 14.6. The summed E-state index contributed by atoms with van der Waals surface area (Å²) in [7, 11) is 0. The number of hydrogen-bond acceptors (Lipinski definition) is 3.